The second-order valence-electron chi connectivity index (χ2n) is 8.16. The van der Waals surface area contributed by atoms with Crippen LogP contribution in [-0.4, -0.2) is 30.2 Å². The Hall–Kier alpha value is -3.12. The summed E-state index contributed by atoms with van der Waals surface area (Å²) in [5.41, 5.74) is 4.15. The van der Waals surface area contributed by atoms with Crippen LogP contribution in [0.2, 0.25) is 0 Å². The first-order chi connectivity index (χ1) is 15.2. The molecule has 1 fully saturated rings. The van der Waals surface area contributed by atoms with Gasteiger partial charge in [-0.05, 0) is 56.0 Å². The number of benzene rings is 2. The number of nitrogens with zero attached hydrogens (tertiary/aromatic N) is 2. The highest BCUT2D eigenvalue weighted by Gasteiger charge is 2.19. The van der Waals surface area contributed by atoms with Crippen LogP contribution >= 0.6 is 0 Å². The largest absolute Gasteiger partial charge is 0.371 e. The quantitative estimate of drug-likeness (QED) is 0.570. The molecule has 1 aliphatic heterocycles. The van der Waals surface area contributed by atoms with E-state index >= 15 is 0 Å². The molecule has 2 N–H and O–H groups in total. The number of carbonyl (C=O) groups excluding carboxylic acids is 1. The first kappa shape index (κ1) is 21.1. The third kappa shape index (κ3) is 6.18. The number of anilines is 2. The number of hydrogen-bond acceptors (Lipinski definition) is 5. The van der Waals surface area contributed by atoms with E-state index in [0.29, 0.717) is 12.5 Å². The summed E-state index contributed by atoms with van der Waals surface area (Å²) in [6.45, 7) is 4.68. The van der Waals surface area contributed by atoms with Crippen LogP contribution in [0.15, 0.2) is 65.2 Å². The summed E-state index contributed by atoms with van der Waals surface area (Å²) >= 11 is 0. The van der Waals surface area contributed by atoms with Gasteiger partial charge in [0.05, 0.1) is 12.2 Å². The Morgan fingerprint density at radius 3 is 2.52 bits per heavy atom. The van der Waals surface area contributed by atoms with Crippen LogP contribution in [0.3, 0.4) is 0 Å². The van der Waals surface area contributed by atoms with Crippen molar-refractivity contribution in [2.75, 3.05) is 23.3 Å². The molecule has 1 saturated heterocycles. The second-order valence-corrected chi connectivity index (χ2v) is 8.16. The molecule has 0 atom stereocenters. The lowest BCUT2D eigenvalue weighted by atomic mass is 10.0. The molecular formula is C25H30N4O2. The lowest BCUT2D eigenvalue weighted by molar-refractivity contribution is -0.116. The number of carbonyl (C=O) groups is 1. The molecule has 0 spiro atoms. The van der Waals surface area contributed by atoms with Gasteiger partial charge in [-0.1, -0.05) is 35.5 Å². The molecule has 3 aromatic rings. The molecule has 0 saturated carbocycles. The highest BCUT2D eigenvalue weighted by molar-refractivity contribution is 5.91. The van der Waals surface area contributed by atoms with Gasteiger partial charge in [0.15, 0.2) is 5.76 Å². The standard InChI is InChI=1S/C25H30N4O2/c1-19-17-24(31-28-19)18-26-21-13-15-29(16-14-21)23-10-8-22(9-11-23)27-25(30)12-7-20-5-3-2-4-6-20/h2-6,8-11,17,21,26H,7,12-16,18H2,1H3,(H,27,30). The van der Waals surface area contributed by atoms with Gasteiger partial charge in [-0.15, -0.1) is 0 Å². The highest BCUT2D eigenvalue weighted by atomic mass is 16.5. The number of aryl methyl sites for hydroxylation is 2. The molecule has 162 valence electrons. The Morgan fingerprint density at radius 2 is 1.84 bits per heavy atom. The molecule has 0 bridgehead atoms. The number of nitrogens with one attached hydrogen (secondary N) is 2. The third-order valence-corrected chi connectivity index (χ3v) is 5.74. The molecule has 1 aliphatic rings. The molecule has 2 aromatic carbocycles. The van der Waals surface area contributed by atoms with Gasteiger partial charge in [0.25, 0.3) is 0 Å². The van der Waals surface area contributed by atoms with Crippen molar-refractivity contribution >= 4 is 17.3 Å². The fourth-order valence-electron chi connectivity index (χ4n) is 3.97. The molecule has 6 heteroatoms. The van der Waals surface area contributed by atoms with Crippen LogP contribution in [0.25, 0.3) is 0 Å². The van der Waals surface area contributed by atoms with E-state index < -0.39 is 0 Å². The van der Waals surface area contributed by atoms with Crippen LogP contribution in [-0.2, 0) is 17.8 Å². The van der Waals surface area contributed by atoms with Gasteiger partial charge < -0.3 is 20.1 Å². The van der Waals surface area contributed by atoms with Gasteiger partial charge in [0.2, 0.25) is 5.91 Å². The minimum Gasteiger partial charge on any atom is -0.371 e. The van der Waals surface area contributed by atoms with Crippen molar-refractivity contribution in [1.82, 2.24) is 10.5 Å². The van der Waals surface area contributed by atoms with Gasteiger partial charge in [0, 0.05) is 43.0 Å². The SMILES string of the molecule is Cc1cc(CNC2CCN(c3ccc(NC(=O)CCc4ccccc4)cc3)CC2)on1. The smallest absolute Gasteiger partial charge is 0.224 e. The van der Waals surface area contributed by atoms with Crippen LogP contribution in [0.1, 0.15) is 36.3 Å². The van der Waals surface area contributed by atoms with E-state index in [4.69, 9.17) is 4.52 Å². The molecule has 6 nitrogen and oxygen atoms in total. The van der Waals surface area contributed by atoms with Crippen molar-refractivity contribution in [3.63, 3.8) is 0 Å². The van der Waals surface area contributed by atoms with E-state index in [1.807, 2.05) is 43.3 Å². The zero-order valence-corrected chi connectivity index (χ0v) is 18.0. The summed E-state index contributed by atoms with van der Waals surface area (Å²) in [6.07, 6.45) is 3.42. The fraction of sp³-hybridized carbons (Fsp3) is 0.360. The van der Waals surface area contributed by atoms with Gasteiger partial charge in [-0.3, -0.25) is 4.79 Å². The van der Waals surface area contributed by atoms with E-state index in [1.54, 1.807) is 0 Å². The van der Waals surface area contributed by atoms with Gasteiger partial charge in [-0.2, -0.15) is 0 Å². The molecule has 0 radical (unpaired) electrons. The Balaban J connectivity index is 1.20. The summed E-state index contributed by atoms with van der Waals surface area (Å²) in [6, 6.07) is 20.7. The van der Waals surface area contributed by atoms with Crippen LogP contribution in [0.5, 0.6) is 0 Å². The molecule has 2 heterocycles. The molecule has 1 amide bonds. The normalized spacial score (nSPS) is 14.5. The zero-order valence-electron chi connectivity index (χ0n) is 18.0. The predicted octanol–water partition coefficient (Wildman–Crippen LogP) is 4.31. The Morgan fingerprint density at radius 1 is 1.10 bits per heavy atom. The lowest BCUT2D eigenvalue weighted by Gasteiger charge is -2.34. The van der Waals surface area contributed by atoms with Crippen molar-refractivity contribution in [3.05, 3.63) is 77.7 Å². The topological polar surface area (TPSA) is 70.4 Å². The predicted molar refractivity (Wildman–Crippen MR) is 123 cm³/mol. The summed E-state index contributed by atoms with van der Waals surface area (Å²) in [5, 5.41) is 10.5. The molecular weight excluding hydrogens is 388 g/mol. The van der Waals surface area contributed by atoms with E-state index in [2.05, 4.69) is 45.0 Å². The third-order valence-electron chi connectivity index (χ3n) is 5.74. The van der Waals surface area contributed by atoms with E-state index in [-0.39, 0.29) is 5.91 Å². The number of amides is 1. The van der Waals surface area contributed by atoms with Crippen LogP contribution in [0.4, 0.5) is 11.4 Å². The van der Waals surface area contributed by atoms with Gasteiger partial charge in [0.1, 0.15) is 0 Å². The van der Waals surface area contributed by atoms with Crippen LogP contribution in [0, 0.1) is 6.92 Å². The molecule has 0 aliphatic carbocycles. The first-order valence-electron chi connectivity index (χ1n) is 11.0. The van der Waals surface area contributed by atoms with Crippen molar-refractivity contribution in [3.8, 4) is 0 Å². The summed E-state index contributed by atoms with van der Waals surface area (Å²) in [7, 11) is 0. The van der Waals surface area contributed by atoms with Crippen LogP contribution < -0.4 is 15.5 Å². The van der Waals surface area contributed by atoms with Crippen molar-refractivity contribution < 1.29 is 9.32 Å². The fourth-order valence-corrected chi connectivity index (χ4v) is 3.97. The summed E-state index contributed by atoms with van der Waals surface area (Å²) < 4.78 is 5.27. The van der Waals surface area contributed by atoms with Gasteiger partial charge >= 0.3 is 0 Å². The molecule has 31 heavy (non-hydrogen) atoms. The first-order valence-corrected chi connectivity index (χ1v) is 11.0. The minimum absolute atomic E-state index is 0.0467. The maximum Gasteiger partial charge on any atom is 0.224 e. The highest BCUT2D eigenvalue weighted by Crippen LogP contribution is 2.22. The number of piperidine rings is 1. The average molecular weight is 419 g/mol. The number of aromatic nitrogens is 1. The van der Waals surface area contributed by atoms with Crippen molar-refractivity contribution in [1.29, 1.82) is 0 Å². The maximum absolute atomic E-state index is 12.2. The van der Waals surface area contributed by atoms with Gasteiger partial charge in [-0.25, -0.2) is 0 Å². The monoisotopic (exact) mass is 418 g/mol. The van der Waals surface area contributed by atoms with Crippen molar-refractivity contribution in [2.45, 2.75) is 45.2 Å². The molecule has 1 aromatic heterocycles. The van der Waals surface area contributed by atoms with E-state index in [9.17, 15) is 4.79 Å². The maximum atomic E-state index is 12.2. The average Bonchev–Trinajstić information content (AvgIpc) is 3.23. The summed E-state index contributed by atoms with van der Waals surface area (Å²) in [5.74, 6) is 0.937. The number of rotatable bonds is 8. The Bertz CT molecular complexity index is 961. The summed E-state index contributed by atoms with van der Waals surface area (Å²) in [4.78, 5) is 14.6. The number of hydrogen-bond donors (Lipinski definition) is 2. The molecule has 0 unspecified atom stereocenters. The second kappa shape index (κ2) is 10.3. The van der Waals surface area contributed by atoms with E-state index in [1.165, 1.54) is 11.3 Å². The zero-order chi connectivity index (χ0) is 21.5. The lowest BCUT2D eigenvalue weighted by Crippen LogP contribution is -2.42. The Kier molecular flexibility index (Phi) is 6.99. The Labute approximate surface area is 183 Å². The van der Waals surface area contributed by atoms with Crippen molar-refractivity contribution in [2.24, 2.45) is 0 Å². The molecule has 4 rings (SSSR count). The van der Waals surface area contributed by atoms with E-state index in [0.717, 1.165) is 56.0 Å². The minimum atomic E-state index is 0.0467.